The molecule has 7 heteroatoms. The number of aromatic nitrogens is 2. The summed E-state index contributed by atoms with van der Waals surface area (Å²) in [6.07, 6.45) is 4.95. The maximum Gasteiger partial charge on any atom is 0.260 e. The maximum absolute atomic E-state index is 12.7. The van der Waals surface area contributed by atoms with Crippen molar-refractivity contribution in [3.05, 3.63) is 47.0 Å². The lowest BCUT2D eigenvalue weighted by atomic mass is 10.1. The van der Waals surface area contributed by atoms with Crippen LogP contribution >= 0.6 is 0 Å². The Hall–Kier alpha value is -2.67. The highest BCUT2D eigenvalue weighted by Crippen LogP contribution is 2.30. The number of hydrogen-bond donors (Lipinski definition) is 0. The Labute approximate surface area is 171 Å². The van der Waals surface area contributed by atoms with Crippen LogP contribution in [0.3, 0.4) is 0 Å². The van der Waals surface area contributed by atoms with Crippen LogP contribution in [-0.4, -0.2) is 59.5 Å². The van der Waals surface area contributed by atoms with Gasteiger partial charge in [0.25, 0.3) is 5.91 Å². The van der Waals surface area contributed by atoms with Crippen molar-refractivity contribution in [2.75, 3.05) is 33.9 Å². The average molecular weight is 396 g/mol. The average Bonchev–Trinajstić information content (AvgIpc) is 3.17. The number of aryl methyl sites for hydroxylation is 1. The summed E-state index contributed by atoms with van der Waals surface area (Å²) in [4.78, 5) is 26.2. The molecular weight excluding hydrogens is 368 g/mol. The first-order valence-electron chi connectivity index (χ1n) is 10.2. The molecule has 4 rings (SSSR count). The van der Waals surface area contributed by atoms with E-state index >= 15 is 0 Å². The molecule has 1 fully saturated rings. The molecule has 0 bridgehead atoms. The Kier molecular flexibility index (Phi) is 5.67. The molecule has 3 heterocycles. The summed E-state index contributed by atoms with van der Waals surface area (Å²) in [7, 11) is 3.73. The van der Waals surface area contributed by atoms with Gasteiger partial charge in [0.1, 0.15) is 5.82 Å². The van der Waals surface area contributed by atoms with Gasteiger partial charge in [-0.3, -0.25) is 9.69 Å². The Bertz CT molecular complexity index is 902. The minimum Gasteiger partial charge on any atom is -0.493 e. The lowest BCUT2D eigenvalue weighted by Crippen LogP contribution is -2.39. The third kappa shape index (κ3) is 4.19. The Morgan fingerprint density at radius 3 is 2.90 bits per heavy atom. The van der Waals surface area contributed by atoms with Crippen molar-refractivity contribution in [2.45, 2.75) is 38.8 Å². The van der Waals surface area contributed by atoms with E-state index < -0.39 is 0 Å². The fourth-order valence-corrected chi connectivity index (χ4v) is 4.07. The van der Waals surface area contributed by atoms with Crippen molar-refractivity contribution in [3.63, 3.8) is 0 Å². The molecule has 1 saturated heterocycles. The second kappa shape index (κ2) is 8.37. The van der Waals surface area contributed by atoms with Gasteiger partial charge in [0.2, 0.25) is 0 Å². The normalized spacial score (nSPS) is 19.1. The number of fused-ring (bicyclic) bond motifs is 1. The van der Waals surface area contributed by atoms with Crippen LogP contribution in [-0.2, 0) is 17.8 Å². The largest absolute Gasteiger partial charge is 0.493 e. The van der Waals surface area contributed by atoms with Crippen LogP contribution in [0.5, 0.6) is 11.5 Å². The smallest absolute Gasteiger partial charge is 0.260 e. The molecule has 0 N–H and O–H groups in total. The van der Waals surface area contributed by atoms with Crippen LogP contribution in [0.15, 0.2) is 24.4 Å². The van der Waals surface area contributed by atoms with Crippen molar-refractivity contribution in [1.29, 1.82) is 0 Å². The van der Waals surface area contributed by atoms with Crippen LogP contribution in [0.25, 0.3) is 0 Å². The number of carbonyl (C=O) groups is 1. The predicted molar refractivity (Wildman–Crippen MR) is 109 cm³/mol. The molecule has 1 unspecified atom stereocenters. The first kappa shape index (κ1) is 19.6. The van der Waals surface area contributed by atoms with E-state index in [9.17, 15) is 4.79 Å². The molecule has 0 spiro atoms. The maximum atomic E-state index is 12.7. The Morgan fingerprint density at radius 2 is 2.14 bits per heavy atom. The summed E-state index contributed by atoms with van der Waals surface area (Å²) in [5.41, 5.74) is 3.18. The van der Waals surface area contributed by atoms with E-state index in [-0.39, 0.29) is 12.5 Å². The summed E-state index contributed by atoms with van der Waals surface area (Å²) >= 11 is 0. The zero-order chi connectivity index (χ0) is 20.4. The monoisotopic (exact) mass is 396 g/mol. The Morgan fingerprint density at radius 1 is 1.28 bits per heavy atom. The van der Waals surface area contributed by atoms with Gasteiger partial charge in [-0.25, -0.2) is 9.97 Å². The van der Waals surface area contributed by atoms with Gasteiger partial charge in [-0.05, 0) is 51.1 Å². The molecule has 7 nitrogen and oxygen atoms in total. The van der Waals surface area contributed by atoms with Crippen LogP contribution < -0.4 is 9.47 Å². The molecule has 2 aromatic rings. The van der Waals surface area contributed by atoms with Gasteiger partial charge in [0.15, 0.2) is 18.1 Å². The highest BCUT2D eigenvalue weighted by atomic mass is 16.5. The van der Waals surface area contributed by atoms with Gasteiger partial charge in [-0.15, -0.1) is 0 Å². The minimum atomic E-state index is -0.0436. The fourth-order valence-electron chi connectivity index (χ4n) is 4.07. The van der Waals surface area contributed by atoms with Gasteiger partial charge in [-0.2, -0.15) is 0 Å². The van der Waals surface area contributed by atoms with Crippen molar-refractivity contribution in [2.24, 2.45) is 0 Å². The van der Waals surface area contributed by atoms with Gasteiger partial charge >= 0.3 is 0 Å². The second-order valence-corrected chi connectivity index (χ2v) is 7.85. The topological polar surface area (TPSA) is 67.8 Å². The first-order chi connectivity index (χ1) is 14.0. The van der Waals surface area contributed by atoms with Crippen molar-refractivity contribution in [1.82, 2.24) is 19.8 Å². The number of rotatable bonds is 5. The van der Waals surface area contributed by atoms with Crippen LogP contribution in [0.2, 0.25) is 0 Å². The highest BCUT2D eigenvalue weighted by molar-refractivity contribution is 5.78. The summed E-state index contributed by atoms with van der Waals surface area (Å²) < 4.78 is 11.1. The lowest BCUT2D eigenvalue weighted by Gasteiger charge is -2.29. The van der Waals surface area contributed by atoms with E-state index in [1.807, 2.05) is 36.2 Å². The molecule has 1 aromatic carbocycles. The van der Waals surface area contributed by atoms with Crippen molar-refractivity contribution >= 4 is 5.91 Å². The molecule has 1 amide bonds. The van der Waals surface area contributed by atoms with E-state index in [0.29, 0.717) is 30.6 Å². The first-order valence-corrected chi connectivity index (χ1v) is 10.2. The number of ether oxygens (including phenoxy) is 2. The molecule has 2 aliphatic heterocycles. The molecule has 0 saturated carbocycles. The zero-order valence-corrected chi connectivity index (χ0v) is 17.4. The number of carbonyl (C=O) groups excluding carboxylic acids is 1. The second-order valence-electron chi connectivity index (χ2n) is 7.85. The predicted octanol–water partition coefficient (Wildman–Crippen LogP) is 2.52. The van der Waals surface area contributed by atoms with Crippen LogP contribution in [0.4, 0.5) is 0 Å². The lowest BCUT2D eigenvalue weighted by molar-refractivity contribution is -0.134. The molecule has 154 valence electrons. The summed E-state index contributed by atoms with van der Waals surface area (Å²) in [5, 5.41) is 0. The SMILES string of the molecule is COc1cc(C)ccc1OCC(=O)N1CCc2nc(C3CCCN3C)ncc2C1. The zero-order valence-electron chi connectivity index (χ0n) is 17.4. The van der Waals surface area contributed by atoms with Gasteiger partial charge in [0, 0.05) is 31.3 Å². The van der Waals surface area contributed by atoms with E-state index in [1.54, 1.807) is 7.11 Å². The van der Waals surface area contributed by atoms with Crippen LogP contribution in [0.1, 0.15) is 41.5 Å². The summed E-state index contributed by atoms with van der Waals surface area (Å²) in [6, 6.07) is 5.99. The molecular formula is C22H28N4O3. The Balaban J connectivity index is 1.39. The van der Waals surface area contributed by atoms with E-state index in [4.69, 9.17) is 14.5 Å². The fraction of sp³-hybridized carbons (Fsp3) is 0.500. The molecule has 1 aromatic heterocycles. The number of hydrogen-bond acceptors (Lipinski definition) is 6. The molecule has 29 heavy (non-hydrogen) atoms. The van der Waals surface area contributed by atoms with Crippen LogP contribution in [0, 0.1) is 6.92 Å². The number of amides is 1. The number of likely N-dealkylation sites (tertiary alicyclic amines) is 1. The quantitative estimate of drug-likeness (QED) is 0.774. The standard InChI is InChI=1S/C22H28N4O3/c1-15-6-7-19(20(11-15)28-3)29-14-21(27)26-10-8-17-16(13-26)12-23-22(24-17)18-5-4-9-25(18)2/h6-7,11-12,18H,4-5,8-10,13-14H2,1-3H3. The molecule has 0 aliphatic carbocycles. The number of methoxy groups -OCH3 is 1. The highest BCUT2D eigenvalue weighted by Gasteiger charge is 2.28. The number of nitrogens with zero attached hydrogens (tertiary/aromatic N) is 4. The molecule has 0 radical (unpaired) electrons. The third-order valence-electron chi connectivity index (χ3n) is 5.79. The van der Waals surface area contributed by atoms with Gasteiger partial charge in [0.05, 0.1) is 18.8 Å². The van der Waals surface area contributed by atoms with E-state index in [2.05, 4.69) is 16.9 Å². The van der Waals surface area contributed by atoms with E-state index in [0.717, 1.165) is 42.0 Å². The van der Waals surface area contributed by atoms with Gasteiger partial charge in [-0.1, -0.05) is 6.07 Å². The molecule has 2 aliphatic rings. The van der Waals surface area contributed by atoms with E-state index in [1.165, 1.54) is 6.42 Å². The van der Waals surface area contributed by atoms with Crippen molar-refractivity contribution < 1.29 is 14.3 Å². The van der Waals surface area contributed by atoms with Crippen molar-refractivity contribution in [3.8, 4) is 11.5 Å². The summed E-state index contributed by atoms with van der Waals surface area (Å²) in [5.74, 6) is 2.09. The molecule has 1 atom stereocenters. The third-order valence-corrected chi connectivity index (χ3v) is 5.79. The number of benzene rings is 1. The minimum absolute atomic E-state index is 0.0133. The van der Waals surface area contributed by atoms with Gasteiger partial charge < -0.3 is 14.4 Å². The summed E-state index contributed by atoms with van der Waals surface area (Å²) in [6.45, 7) is 4.25.